The van der Waals surface area contributed by atoms with Crippen molar-refractivity contribution in [1.82, 2.24) is 5.32 Å². The molecule has 3 rings (SSSR count). The van der Waals surface area contributed by atoms with Crippen molar-refractivity contribution in [2.24, 2.45) is 5.92 Å². The lowest BCUT2D eigenvalue weighted by molar-refractivity contribution is -0.118. The van der Waals surface area contributed by atoms with Crippen molar-refractivity contribution in [1.29, 1.82) is 0 Å². The number of nitrogens with zero attached hydrogens (tertiary/aromatic N) is 1. The predicted molar refractivity (Wildman–Crippen MR) is 144 cm³/mol. The molecule has 9 nitrogen and oxygen atoms in total. The molecule has 2 aromatic rings. The second kappa shape index (κ2) is 13.7. The van der Waals surface area contributed by atoms with Crippen LogP contribution in [0.2, 0.25) is 0 Å². The molecule has 1 fully saturated rings. The Labute approximate surface area is 219 Å². The Hall–Kier alpha value is -3.46. The Morgan fingerprint density at radius 2 is 1.54 bits per heavy atom. The fraction of sp³-hybridized carbons (Fsp3) is 0.500. The molecule has 1 aliphatic rings. The molecule has 0 spiro atoms. The SMILES string of the molecule is CCOc1ccc(C(=O)NC(C(=O)Nc2cc(OCC)c(N3CCOCC3)cc2OCC)C(C)C)cc1. The third-order valence-corrected chi connectivity index (χ3v) is 5.93. The largest absolute Gasteiger partial charge is 0.494 e. The highest BCUT2D eigenvalue weighted by molar-refractivity contribution is 6.02. The van der Waals surface area contributed by atoms with E-state index >= 15 is 0 Å². The van der Waals surface area contributed by atoms with Crippen molar-refractivity contribution in [3.63, 3.8) is 0 Å². The van der Waals surface area contributed by atoms with Crippen LogP contribution < -0.4 is 29.7 Å². The van der Waals surface area contributed by atoms with Gasteiger partial charge in [0.15, 0.2) is 0 Å². The zero-order chi connectivity index (χ0) is 26.8. The lowest BCUT2D eigenvalue weighted by Crippen LogP contribution is -2.47. The van der Waals surface area contributed by atoms with E-state index in [4.69, 9.17) is 18.9 Å². The second-order valence-electron chi connectivity index (χ2n) is 8.92. The number of amides is 2. The number of ether oxygens (including phenoxy) is 4. The van der Waals surface area contributed by atoms with Crippen LogP contribution in [0.1, 0.15) is 45.0 Å². The van der Waals surface area contributed by atoms with Crippen molar-refractivity contribution in [2.45, 2.75) is 40.7 Å². The van der Waals surface area contributed by atoms with Gasteiger partial charge < -0.3 is 34.5 Å². The smallest absolute Gasteiger partial charge is 0.251 e. The molecule has 0 aliphatic carbocycles. The first-order chi connectivity index (χ1) is 17.9. The molecular formula is C28H39N3O6. The van der Waals surface area contributed by atoms with Gasteiger partial charge in [0, 0.05) is 30.8 Å². The number of nitrogens with one attached hydrogen (secondary N) is 2. The van der Waals surface area contributed by atoms with Gasteiger partial charge >= 0.3 is 0 Å². The van der Waals surface area contributed by atoms with Gasteiger partial charge in [-0.3, -0.25) is 9.59 Å². The normalized spacial score (nSPS) is 14.2. The molecular weight excluding hydrogens is 474 g/mol. The van der Waals surface area contributed by atoms with Crippen LogP contribution in [0.3, 0.4) is 0 Å². The summed E-state index contributed by atoms with van der Waals surface area (Å²) in [6.07, 6.45) is 0. The maximum absolute atomic E-state index is 13.4. The Morgan fingerprint density at radius 1 is 0.919 bits per heavy atom. The molecule has 1 heterocycles. The third-order valence-electron chi connectivity index (χ3n) is 5.93. The molecule has 1 unspecified atom stereocenters. The summed E-state index contributed by atoms with van der Waals surface area (Å²) in [4.78, 5) is 28.5. The Kier molecular flexibility index (Phi) is 10.4. The van der Waals surface area contributed by atoms with Crippen LogP contribution in [0.4, 0.5) is 11.4 Å². The quantitative estimate of drug-likeness (QED) is 0.441. The zero-order valence-electron chi connectivity index (χ0n) is 22.5. The molecule has 2 aromatic carbocycles. The van der Waals surface area contributed by atoms with Gasteiger partial charge in [-0.1, -0.05) is 13.8 Å². The number of carbonyl (C=O) groups is 2. The molecule has 0 aromatic heterocycles. The summed E-state index contributed by atoms with van der Waals surface area (Å²) in [5.74, 6) is 1.06. The fourth-order valence-corrected chi connectivity index (χ4v) is 4.08. The van der Waals surface area contributed by atoms with Crippen LogP contribution in [0.25, 0.3) is 0 Å². The van der Waals surface area contributed by atoms with Gasteiger partial charge in [-0.15, -0.1) is 0 Å². The molecule has 0 radical (unpaired) electrons. The highest BCUT2D eigenvalue weighted by Crippen LogP contribution is 2.39. The minimum Gasteiger partial charge on any atom is -0.494 e. The van der Waals surface area contributed by atoms with Crippen molar-refractivity contribution in [2.75, 3.05) is 56.3 Å². The van der Waals surface area contributed by atoms with Gasteiger partial charge in [-0.2, -0.15) is 0 Å². The lowest BCUT2D eigenvalue weighted by atomic mass is 10.0. The molecule has 0 saturated carbocycles. The van der Waals surface area contributed by atoms with Crippen LogP contribution in [0, 0.1) is 5.92 Å². The summed E-state index contributed by atoms with van der Waals surface area (Å²) in [5, 5.41) is 5.84. The molecule has 0 bridgehead atoms. The summed E-state index contributed by atoms with van der Waals surface area (Å²) in [7, 11) is 0. The van der Waals surface area contributed by atoms with E-state index in [0.29, 0.717) is 61.5 Å². The maximum Gasteiger partial charge on any atom is 0.251 e. The Balaban J connectivity index is 1.82. The molecule has 1 aliphatic heterocycles. The Morgan fingerprint density at radius 3 is 2.14 bits per heavy atom. The fourth-order valence-electron chi connectivity index (χ4n) is 4.08. The number of carbonyl (C=O) groups excluding carboxylic acids is 2. The molecule has 1 saturated heterocycles. The number of anilines is 2. The van der Waals surface area contributed by atoms with Crippen molar-refractivity contribution < 1.29 is 28.5 Å². The van der Waals surface area contributed by atoms with E-state index in [1.54, 1.807) is 30.3 Å². The first kappa shape index (κ1) is 28.1. The van der Waals surface area contributed by atoms with Crippen molar-refractivity contribution in [3.8, 4) is 17.2 Å². The standard InChI is InChI=1S/C28H39N3O6/c1-6-35-21-11-9-20(10-12-21)27(32)30-26(19(4)5)28(33)29-22-17-25(37-8-3)23(18-24(22)36-7-2)31-13-15-34-16-14-31/h9-12,17-19,26H,6-8,13-16H2,1-5H3,(H,29,33)(H,30,32). The summed E-state index contributed by atoms with van der Waals surface area (Å²) >= 11 is 0. The molecule has 37 heavy (non-hydrogen) atoms. The number of hydrogen-bond donors (Lipinski definition) is 2. The molecule has 2 N–H and O–H groups in total. The first-order valence-corrected chi connectivity index (χ1v) is 13.0. The van der Waals surface area contributed by atoms with E-state index in [0.717, 1.165) is 18.8 Å². The maximum atomic E-state index is 13.4. The van der Waals surface area contributed by atoms with E-state index in [1.165, 1.54) is 0 Å². The van der Waals surface area contributed by atoms with Crippen molar-refractivity contribution in [3.05, 3.63) is 42.0 Å². The third kappa shape index (κ3) is 7.52. The summed E-state index contributed by atoms with van der Waals surface area (Å²) in [6.45, 7) is 13.7. The number of hydrogen-bond acceptors (Lipinski definition) is 7. The molecule has 2 amide bonds. The van der Waals surface area contributed by atoms with Gasteiger partial charge in [-0.25, -0.2) is 0 Å². The van der Waals surface area contributed by atoms with Crippen LogP contribution in [0.15, 0.2) is 36.4 Å². The van der Waals surface area contributed by atoms with E-state index < -0.39 is 6.04 Å². The molecule has 202 valence electrons. The van der Waals surface area contributed by atoms with Crippen molar-refractivity contribution >= 4 is 23.2 Å². The summed E-state index contributed by atoms with van der Waals surface area (Å²) in [5.41, 5.74) is 1.84. The van der Waals surface area contributed by atoms with Gasteiger partial charge in [0.2, 0.25) is 5.91 Å². The van der Waals surface area contributed by atoms with Gasteiger partial charge in [0.1, 0.15) is 23.3 Å². The number of rotatable bonds is 12. The van der Waals surface area contributed by atoms with Crippen LogP contribution in [-0.2, 0) is 9.53 Å². The van der Waals surface area contributed by atoms with Gasteiger partial charge in [0.25, 0.3) is 5.91 Å². The highest BCUT2D eigenvalue weighted by Gasteiger charge is 2.27. The van der Waals surface area contributed by atoms with Crippen LogP contribution in [-0.4, -0.2) is 64.0 Å². The first-order valence-electron chi connectivity index (χ1n) is 13.0. The average Bonchev–Trinajstić information content (AvgIpc) is 2.89. The second-order valence-corrected chi connectivity index (χ2v) is 8.92. The monoisotopic (exact) mass is 513 g/mol. The van der Waals surface area contributed by atoms with Gasteiger partial charge in [-0.05, 0) is 51.0 Å². The average molecular weight is 514 g/mol. The van der Waals surface area contributed by atoms with E-state index in [1.807, 2.05) is 40.7 Å². The van der Waals surface area contributed by atoms with Gasteiger partial charge in [0.05, 0.1) is 44.4 Å². The highest BCUT2D eigenvalue weighted by atomic mass is 16.5. The zero-order valence-corrected chi connectivity index (χ0v) is 22.5. The predicted octanol–water partition coefficient (Wildman–Crippen LogP) is 4.11. The number of morpholine rings is 1. The lowest BCUT2D eigenvalue weighted by Gasteiger charge is -2.31. The van der Waals surface area contributed by atoms with Crippen LogP contribution >= 0.6 is 0 Å². The van der Waals surface area contributed by atoms with E-state index in [9.17, 15) is 9.59 Å². The minimum absolute atomic E-state index is 0.152. The minimum atomic E-state index is -0.761. The molecule has 9 heteroatoms. The summed E-state index contributed by atoms with van der Waals surface area (Å²) < 4.78 is 22.8. The van der Waals surface area contributed by atoms with Crippen LogP contribution in [0.5, 0.6) is 17.2 Å². The van der Waals surface area contributed by atoms with E-state index in [-0.39, 0.29) is 17.7 Å². The molecule has 1 atom stereocenters. The number of benzene rings is 2. The van der Waals surface area contributed by atoms with E-state index in [2.05, 4.69) is 15.5 Å². The Bertz CT molecular complexity index is 1030. The topological polar surface area (TPSA) is 98.4 Å². The summed E-state index contributed by atoms with van der Waals surface area (Å²) in [6, 6.07) is 9.78.